The van der Waals surface area contributed by atoms with E-state index < -0.39 is 10.0 Å². The van der Waals surface area contributed by atoms with E-state index in [1.54, 1.807) is 0 Å². The maximum atomic E-state index is 11.8. The van der Waals surface area contributed by atoms with Crippen LogP contribution >= 0.6 is 0 Å². The standard InChI is InChI=1S/C13H20N2O2S/c1-2-3-9-18(16,17)15-12-7-6-11-5-4-8-14-13(11)10-12/h6-7,10,14-15H,2-5,8-9H2,1H3. The van der Waals surface area contributed by atoms with E-state index in [0.29, 0.717) is 12.1 Å². The third kappa shape index (κ3) is 3.38. The van der Waals surface area contributed by atoms with Gasteiger partial charge in [0.05, 0.1) is 11.4 Å². The molecule has 4 nitrogen and oxygen atoms in total. The predicted molar refractivity (Wildman–Crippen MR) is 75.6 cm³/mol. The van der Waals surface area contributed by atoms with Crippen molar-refractivity contribution in [1.82, 2.24) is 0 Å². The number of hydrogen-bond acceptors (Lipinski definition) is 3. The van der Waals surface area contributed by atoms with Gasteiger partial charge in [-0.05, 0) is 37.0 Å². The zero-order valence-corrected chi connectivity index (χ0v) is 11.5. The van der Waals surface area contributed by atoms with Crippen molar-refractivity contribution in [2.24, 2.45) is 0 Å². The quantitative estimate of drug-likeness (QED) is 0.863. The zero-order chi connectivity index (χ0) is 13.0. The van der Waals surface area contributed by atoms with Crippen LogP contribution in [0.15, 0.2) is 18.2 Å². The lowest BCUT2D eigenvalue weighted by Crippen LogP contribution is -2.17. The second kappa shape index (κ2) is 5.61. The van der Waals surface area contributed by atoms with E-state index in [9.17, 15) is 8.42 Å². The molecule has 18 heavy (non-hydrogen) atoms. The van der Waals surface area contributed by atoms with Gasteiger partial charge in [-0.1, -0.05) is 19.4 Å². The normalized spacial score (nSPS) is 14.7. The molecule has 0 unspecified atom stereocenters. The van der Waals surface area contributed by atoms with Crippen molar-refractivity contribution in [2.45, 2.75) is 32.6 Å². The van der Waals surface area contributed by atoms with Crippen LogP contribution in [-0.2, 0) is 16.4 Å². The topological polar surface area (TPSA) is 58.2 Å². The Morgan fingerprint density at radius 3 is 3.00 bits per heavy atom. The van der Waals surface area contributed by atoms with Crippen molar-refractivity contribution in [3.63, 3.8) is 0 Å². The minimum absolute atomic E-state index is 0.189. The first-order valence-corrected chi connectivity index (χ1v) is 8.13. The number of sulfonamides is 1. The highest BCUT2D eigenvalue weighted by Gasteiger charge is 2.12. The van der Waals surface area contributed by atoms with Crippen molar-refractivity contribution in [3.05, 3.63) is 23.8 Å². The van der Waals surface area contributed by atoms with E-state index in [1.807, 2.05) is 25.1 Å². The lowest BCUT2D eigenvalue weighted by molar-refractivity contribution is 0.598. The third-order valence-electron chi connectivity index (χ3n) is 3.09. The zero-order valence-electron chi connectivity index (χ0n) is 10.7. The van der Waals surface area contributed by atoms with Crippen LogP contribution in [0.4, 0.5) is 11.4 Å². The molecule has 0 bridgehead atoms. The summed E-state index contributed by atoms with van der Waals surface area (Å²) in [6.45, 7) is 2.94. The monoisotopic (exact) mass is 268 g/mol. The highest BCUT2D eigenvalue weighted by Crippen LogP contribution is 2.25. The summed E-state index contributed by atoms with van der Waals surface area (Å²) in [5, 5.41) is 3.30. The molecular weight excluding hydrogens is 248 g/mol. The van der Waals surface area contributed by atoms with Gasteiger partial charge in [0.25, 0.3) is 0 Å². The fourth-order valence-electron chi connectivity index (χ4n) is 2.09. The lowest BCUT2D eigenvalue weighted by Gasteiger charge is -2.19. The second-order valence-electron chi connectivity index (χ2n) is 4.68. The number of anilines is 2. The molecule has 0 saturated heterocycles. The molecule has 1 aliphatic rings. The fraction of sp³-hybridized carbons (Fsp3) is 0.538. The van der Waals surface area contributed by atoms with Gasteiger partial charge in [0.1, 0.15) is 0 Å². The Morgan fingerprint density at radius 1 is 1.39 bits per heavy atom. The molecule has 0 aliphatic carbocycles. The minimum atomic E-state index is -3.20. The second-order valence-corrected chi connectivity index (χ2v) is 6.52. The van der Waals surface area contributed by atoms with Crippen LogP contribution in [0.3, 0.4) is 0 Å². The number of unbranched alkanes of at least 4 members (excludes halogenated alkanes) is 1. The molecule has 2 N–H and O–H groups in total. The molecule has 1 aliphatic heterocycles. The average Bonchev–Trinajstić information content (AvgIpc) is 2.36. The summed E-state index contributed by atoms with van der Waals surface area (Å²) in [5.41, 5.74) is 2.97. The Labute approximate surface area is 109 Å². The van der Waals surface area contributed by atoms with E-state index >= 15 is 0 Å². The van der Waals surface area contributed by atoms with E-state index in [0.717, 1.165) is 31.5 Å². The van der Waals surface area contributed by atoms with Gasteiger partial charge < -0.3 is 5.32 Å². The van der Waals surface area contributed by atoms with Gasteiger partial charge >= 0.3 is 0 Å². The van der Waals surface area contributed by atoms with Gasteiger partial charge in [-0.25, -0.2) is 8.42 Å². The van der Waals surface area contributed by atoms with Crippen LogP contribution in [0.25, 0.3) is 0 Å². The van der Waals surface area contributed by atoms with E-state index in [2.05, 4.69) is 10.0 Å². The summed E-state index contributed by atoms with van der Waals surface area (Å²) < 4.78 is 26.2. The number of fused-ring (bicyclic) bond motifs is 1. The Kier molecular flexibility index (Phi) is 4.11. The largest absolute Gasteiger partial charge is 0.385 e. The highest BCUT2D eigenvalue weighted by molar-refractivity contribution is 7.92. The molecule has 2 rings (SSSR count). The van der Waals surface area contributed by atoms with Gasteiger partial charge in [0.2, 0.25) is 10.0 Å². The summed E-state index contributed by atoms with van der Waals surface area (Å²) in [5.74, 6) is 0.189. The first-order valence-electron chi connectivity index (χ1n) is 6.48. The fourth-order valence-corrected chi connectivity index (χ4v) is 3.35. The maximum Gasteiger partial charge on any atom is 0.232 e. The Hall–Kier alpha value is -1.23. The molecule has 0 saturated carbocycles. The van der Waals surface area contributed by atoms with E-state index in [4.69, 9.17) is 0 Å². The first-order chi connectivity index (χ1) is 8.61. The molecule has 0 aromatic heterocycles. The van der Waals surface area contributed by atoms with Crippen molar-refractivity contribution >= 4 is 21.4 Å². The lowest BCUT2D eigenvalue weighted by atomic mass is 10.0. The molecular formula is C13H20N2O2S. The van der Waals surface area contributed by atoms with Crippen molar-refractivity contribution in [2.75, 3.05) is 22.3 Å². The Balaban J connectivity index is 2.10. The van der Waals surface area contributed by atoms with Crippen molar-refractivity contribution in [1.29, 1.82) is 0 Å². The van der Waals surface area contributed by atoms with Crippen LogP contribution in [0, 0.1) is 0 Å². The number of rotatable bonds is 5. The van der Waals surface area contributed by atoms with Gasteiger partial charge in [-0.3, -0.25) is 4.72 Å². The molecule has 0 spiro atoms. The molecule has 0 fully saturated rings. The number of nitrogens with one attached hydrogen (secondary N) is 2. The SMILES string of the molecule is CCCCS(=O)(=O)Nc1ccc2c(c1)NCCC2. The van der Waals surface area contributed by atoms with Crippen LogP contribution in [-0.4, -0.2) is 20.7 Å². The van der Waals surface area contributed by atoms with Gasteiger partial charge in [0, 0.05) is 12.2 Å². The smallest absolute Gasteiger partial charge is 0.232 e. The Bertz CT molecular complexity index is 512. The number of aryl methyl sites for hydroxylation is 1. The number of benzene rings is 1. The summed E-state index contributed by atoms with van der Waals surface area (Å²) in [4.78, 5) is 0. The summed E-state index contributed by atoms with van der Waals surface area (Å²) >= 11 is 0. The molecule has 100 valence electrons. The third-order valence-corrected chi connectivity index (χ3v) is 4.46. The average molecular weight is 268 g/mol. The first kappa shape index (κ1) is 13.2. The number of hydrogen-bond donors (Lipinski definition) is 2. The summed E-state index contributed by atoms with van der Waals surface area (Å²) in [6.07, 6.45) is 3.77. The molecule has 5 heteroatoms. The van der Waals surface area contributed by atoms with Crippen molar-refractivity contribution in [3.8, 4) is 0 Å². The molecule has 1 aromatic rings. The molecule has 0 radical (unpaired) electrons. The van der Waals surface area contributed by atoms with Gasteiger partial charge in [-0.15, -0.1) is 0 Å². The molecule has 1 heterocycles. The van der Waals surface area contributed by atoms with Crippen LogP contribution in [0.1, 0.15) is 31.7 Å². The molecule has 0 atom stereocenters. The maximum absolute atomic E-state index is 11.8. The van der Waals surface area contributed by atoms with Gasteiger partial charge in [-0.2, -0.15) is 0 Å². The van der Waals surface area contributed by atoms with Crippen molar-refractivity contribution < 1.29 is 8.42 Å². The predicted octanol–water partition coefficient (Wildman–Crippen LogP) is 2.59. The summed E-state index contributed by atoms with van der Waals surface area (Å²) in [7, 11) is -3.20. The minimum Gasteiger partial charge on any atom is -0.385 e. The summed E-state index contributed by atoms with van der Waals surface area (Å²) in [6, 6.07) is 5.73. The highest BCUT2D eigenvalue weighted by atomic mass is 32.2. The Morgan fingerprint density at radius 2 is 2.22 bits per heavy atom. The van der Waals surface area contributed by atoms with Crippen LogP contribution < -0.4 is 10.0 Å². The van der Waals surface area contributed by atoms with Gasteiger partial charge in [0.15, 0.2) is 0 Å². The van der Waals surface area contributed by atoms with Crippen LogP contribution in [0.5, 0.6) is 0 Å². The molecule has 1 aromatic carbocycles. The van der Waals surface area contributed by atoms with E-state index in [-0.39, 0.29) is 5.75 Å². The molecule has 0 amide bonds. The van der Waals surface area contributed by atoms with E-state index in [1.165, 1.54) is 5.56 Å². The van der Waals surface area contributed by atoms with Crippen LogP contribution in [0.2, 0.25) is 0 Å².